The number of fused-ring (bicyclic) bond motifs is 1. The van der Waals surface area contributed by atoms with E-state index >= 15 is 0 Å². The number of carbonyl (C=O) groups is 1. The molecule has 6 rings (SSSR count). The van der Waals surface area contributed by atoms with Gasteiger partial charge in [-0.2, -0.15) is 0 Å². The van der Waals surface area contributed by atoms with Crippen LogP contribution in [0.25, 0.3) is 20.5 Å². The average molecular weight is 555 g/mol. The second-order valence-corrected chi connectivity index (χ2v) is 11.9. The number of ketones is 1. The topological polar surface area (TPSA) is 42.0 Å². The number of piperidine rings is 1. The van der Waals surface area contributed by atoms with Crippen LogP contribution < -0.4 is 9.47 Å². The summed E-state index contributed by atoms with van der Waals surface area (Å²) in [6, 6.07) is 24.0. The SMILES string of the molecule is O=C(c1ccc(OCCN2CCCCC2)cc1)c1c(-c2ccc(OCCN3CCCC3)cc2)sc2ccccc12. The minimum absolute atomic E-state index is 0.0401. The molecule has 40 heavy (non-hydrogen) atoms. The van der Waals surface area contributed by atoms with Gasteiger partial charge in [-0.05, 0) is 112 Å². The van der Waals surface area contributed by atoms with Crippen molar-refractivity contribution >= 4 is 27.2 Å². The number of nitrogens with zero attached hydrogens (tertiary/aromatic N) is 2. The van der Waals surface area contributed by atoms with Gasteiger partial charge in [0.2, 0.25) is 0 Å². The third-order valence-electron chi connectivity index (χ3n) is 8.06. The van der Waals surface area contributed by atoms with Gasteiger partial charge in [-0.25, -0.2) is 0 Å². The molecule has 2 aliphatic rings. The Kier molecular flexibility index (Phi) is 8.77. The molecule has 1 aromatic heterocycles. The Morgan fingerprint density at radius 1 is 0.675 bits per heavy atom. The van der Waals surface area contributed by atoms with E-state index in [9.17, 15) is 4.79 Å². The number of ether oxygens (including phenoxy) is 2. The first-order valence-electron chi connectivity index (χ1n) is 14.7. The fourth-order valence-electron chi connectivity index (χ4n) is 5.80. The van der Waals surface area contributed by atoms with E-state index in [1.54, 1.807) is 11.3 Å². The highest BCUT2D eigenvalue weighted by Gasteiger charge is 2.22. The lowest BCUT2D eigenvalue weighted by Gasteiger charge is -2.26. The fraction of sp³-hybridized carbons (Fsp3) is 0.382. The van der Waals surface area contributed by atoms with Crippen LogP contribution in [0.15, 0.2) is 72.8 Å². The lowest BCUT2D eigenvalue weighted by atomic mass is 9.97. The molecule has 2 fully saturated rings. The van der Waals surface area contributed by atoms with Crippen molar-refractivity contribution in [3.05, 3.63) is 83.9 Å². The lowest BCUT2D eigenvalue weighted by Crippen LogP contribution is -2.33. The van der Waals surface area contributed by atoms with Crippen LogP contribution in [0.1, 0.15) is 48.0 Å². The van der Waals surface area contributed by atoms with Crippen molar-refractivity contribution in [2.24, 2.45) is 0 Å². The molecule has 0 spiro atoms. The highest BCUT2D eigenvalue weighted by Crippen LogP contribution is 2.40. The van der Waals surface area contributed by atoms with Gasteiger partial charge in [-0.15, -0.1) is 11.3 Å². The van der Waals surface area contributed by atoms with Crippen LogP contribution in [0.3, 0.4) is 0 Å². The van der Waals surface area contributed by atoms with Gasteiger partial charge in [-0.1, -0.05) is 24.6 Å². The second-order valence-electron chi connectivity index (χ2n) is 10.8. The van der Waals surface area contributed by atoms with E-state index in [2.05, 4.69) is 34.1 Å². The molecule has 3 aromatic carbocycles. The van der Waals surface area contributed by atoms with E-state index in [1.807, 2.05) is 48.5 Å². The number of hydrogen-bond acceptors (Lipinski definition) is 6. The van der Waals surface area contributed by atoms with Gasteiger partial charge in [0.25, 0.3) is 0 Å². The summed E-state index contributed by atoms with van der Waals surface area (Å²) in [7, 11) is 0. The quantitative estimate of drug-likeness (QED) is 0.184. The Hall–Kier alpha value is -3.19. The first-order valence-corrected chi connectivity index (χ1v) is 15.5. The van der Waals surface area contributed by atoms with E-state index < -0.39 is 0 Å². The summed E-state index contributed by atoms with van der Waals surface area (Å²) < 4.78 is 13.1. The van der Waals surface area contributed by atoms with Crippen molar-refractivity contribution in [1.82, 2.24) is 9.80 Å². The Bertz CT molecular complexity index is 1400. The summed E-state index contributed by atoms with van der Waals surface area (Å²) in [6.45, 7) is 7.99. The van der Waals surface area contributed by atoms with E-state index in [4.69, 9.17) is 9.47 Å². The maximum Gasteiger partial charge on any atom is 0.195 e. The highest BCUT2D eigenvalue weighted by atomic mass is 32.1. The first-order chi connectivity index (χ1) is 19.7. The fourth-order valence-corrected chi connectivity index (χ4v) is 7.00. The van der Waals surface area contributed by atoms with Crippen molar-refractivity contribution in [3.8, 4) is 21.9 Å². The molecule has 4 aromatic rings. The van der Waals surface area contributed by atoms with Crippen molar-refractivity contribution < 1.29 is 14.3 Å². The monoisotopic (exact) mass is 554 g/mol. The molecule has 0 saturated carbocycles. The van der Waals surface area contributed by atoms with Crippen molar-refractivity contribution in [1.29, 1.82) is 0 Å². The van der Waals surface area contributed by atoms with E-state index in [1.165, 1.54) is 58.3 Å². The van der Waals surface area contributed by atoms with Gasteiger partial charge >= 0.3 is 0 Å². The molecule has 0 amide bonds. The molecule has 5 nitrogen and oxygen atoms in total. The van der Waals surface area contributed by atoms with Gasteiger partial charge in [0.1, 0.15) is 24.7 Å². The van der Waals surface area contributed by atoms with Gasteiger partial charge < -0.3 is 9.47 Å². The van der Waals surface area contributed by atoms with Crippen LogP contribution in [0.4, 0.5) is 0 Å². The summed E-state index contributed by atoms with van der Waals surface area (Å²) in [6.07, 6.45) is 6.50. The van der Waals surface area contributed by atoms with Crippen LogP contribution in [0, 0.1) is 0 Å². The molecule has 0 bridgehead atoms. The van der Waals surface area contributed by atoms with Crippen LogP contribution in [0.2, 0.25) is 0 Å². The van der Waals surface area contributed by atoms with Gasteiger partial charge in [0, 0.05) is 39.2 Å². The average Bonchev–Trinajstić information content (AvgIpc) is 3.66. The zero-order chi connectivity index (χ0) is 27.1. The molecule has 208 valence electrons. The van der Waals surface area contributed by atoms with E-state index in [0.29, 0.717) is 18.8 Å². The van der Waals surface area contributed by atoms with E-state index in [0.717, 1.165) is 50.7 Å². The number of likely N-dealkylation sites (tertiary alicyclic amines) is 2. The summed E-state index contributed by atoms with van der Waals surface area (Å²) in [5.74, 6) is 1.72. The summed E-state index contributed by atoms with van der Waals surface area (Å²) in [5, 5.41) is 1.00. The molecule has 0 unspecified atom stereocenters. The minimum Gasteiger partial charge on any atom is -0.492 e. The smallest absolute Gasteiger partial charge is 0.195 e. The minimum atomic E-state index is 0.0401. The standard InChI is InChI=1S/C34H38N2O3S/c37-33(26-10-14-28(15-11-26)38-24-22-35-18-4-1-5-19-35)32-30-8-2-3-9-31(30)40-34(32)27-12-16-29(17-13-27)39-25-23-36-20-6-7-21-36/h2-3,8-17H,1,4-7,18-25H2. The largest absolute Gasteiger partial charge is 0.492 e. The number of benzene rings is 3. The van der Waals surface area contributed by atoms with E-state index in [-0.39, 0.29) is 5.78 Å². The molecular weight excluding hydrogens is 516 g/mol. The van der Waals surface area contributed by atoms with Crippen LogP contribution >= 0.6 is 11.3 Å². The number of thiophene rings is 1. The Balaban J connectivity index is 1.15. The van der Waals surface area contributed by atoms with Crippen LogP contribution in [-0.2, 0) is 0 Å². The van der Waals surface area contributed by atoms with Crippen molar-refractivity contribution in [3.63, 3.8) is 0 Å². The zero-order valence-electron chi connectivity index (χ0n) is 23.1. The number of rotatable bonds is 11. The predicted octanol–water partition coefficient (Wildman–Crippen LogP) is 7.14. The number of carbonyl (C=O) groups excluding carboxylic acids is 1. The molecule has 0 atom stereocenters. The summed E-state index contributed by atoms with van der Waals surface area (Å²) in [5.41, 5.74) is 2.48. The summed E-state index contributed by atoms with van der Waals surface area (Å²) in [4.78, 5) is 19.8. The van der Waals surface area contributed by atoms with Gasteiger partial charge in [-0.3, -0.25) is 14.6 Å². The Morgan fingerprint density at radius 3 is 1.85 bits per heavy atom. The third-order valence-corrected chi connectivity index (χ3v) is 9.28. The maximum atomic E-state index is 13.9. The van der Waals surface area contributed by atoms with Crippen LogP contribution in [0.5, 0.6) is 11.5 Å². The molecule has 0 aliphatic carbocycles. The number of hydrogen-bond donors (Lipinski definition) is 0. The lowest BCUT2D eigenvalue weighted by molar-refractivity contribution is 0.104. The Morgan fingerprint density at radius 2 is 1.23 bits per heavy atom. The molecule has 3 heterocycles. The van der Waals surface area contributed by atoms with Crippen molar-refractivity contribution in [2.75, 3.05) is 52.5 Å². The molecule has 0 radical (unpaired) electrons. The van der Waals surface area contributed by atoms with Crippen LogP contribution in [-0.4, -0.2) is 68.1 Å². The normalized spacial score (nSPS) is 16.4. The molecule has 2 saturated heterocycles. The third kappa shape index (κ3) is 6.41. The first kappa shape index (κ1) is 27.0. The molecular formula is C34H38N2O3S. The highest BCUT2D eigenvalue weighted by molar-refractivity contribution is 7.22. The van der Waals surface area contributed by atoms with Crippen molar-refractivity contribution in [2.45, 2.75) is 32.1 Å². The van der Waals surface area contributed by atoms with Gasteiger partial charge in [0.15, 0.2) is 5.78 Å². The molecule has 0 N–H and O–H groups in total. The molecule has 2 aliphatic heterocycles. The second kappa shape index (κ2) is 13.0. The molecule has 6 heteroatoms. The van der Waals surface area contributed by atoms with Gasteiger partial charge in [0.05, 0.1) is 0 Å². The zero-order valence-corrected chi connectivity index (χ0v) is 24.0. The maximum absolute atomic E-state index is 13.9. The summed E-state index contributed by atoms with van der Waals surface area (Å²) >= 11 is 1.67. The Labute approximate surface area is 241 Å². The predicted molar refractivity (Wildman–Crippen MR) is 164 cm³/mol.